The second-order valence-electron chi connectivity index (χ2n) is 6.09. The molecule has 0 aliphatic heterocycles. The largest absolute Gasteiger partial charge is 4.00 e. The minimum Gasteiger partial charge on any atom is -0.213 e. The van der Waals surface area contributed by atoms with Crippen LogP contribution in [0, 0.1) is 39.8 Å². The molecule has 0 aliphatic rings. The van der Waals surface area contributed by atoms with E-state index in [9.17, 15) is 0 Å². The normalized spacial score (nSPS) is 8.44. The maximum Gasteiger partial charge on any atom is 4.00 e. The second-order valence-corrected chi connectivity index (χ2v) is 6.09. The van der Waals surface area contributed by atoms with Gasteiger partial charge < -0.3 is 0 Å². The summed E-state index contributed by atoms with van der Waals surface area (Å²) in [5.41, 5.74) is 5.22. The van der Waals surface area contributed by atoms with Gasteiger partial charge in [-0.2, -0.15) is 107 Å². The van der Waals surface area contributed by atoms with Crippen LogP contribution >= 0.6 is 0 Å². The summed E-state index contributed by atoms with van der Waals surface area (Å²) in [7, 11) is 0. The van der Waals surface area contributed by atoms with E-state index in [2.05, 4.69) is 76.2 Å². The fraction of sp³-hybridized carbons (Fsp3) is 0.154. The summed E-state index contributed by atoms with van der Waals surface area (Å²) >= 11 is 0. The van der Waals surface area contributed by atoms with Gasteiger partial charge in [-0.1, -0.05) is 27.7 Å². The van der Waals surface area contributed by atoms with E-state index in [4.69, 9.17) is 0 Å². The first kappa shape index (κ1) is 24.9. The van der Waals surface area contributed by atoms with Crippen LogP contribution in [0.25, 0.3) is 0 Å². The summed E-state index contributed by atoms with van der Waals surface area (Å²) < 4.78 is 0. The van der Waals surface area contributed by atoms with E-state index < -0.39 is 0 Å². The summed E-state index contributed by atoms with van der Waals surface area (Å²) in [5, 5.41) is 0. The molecule has 4 rings (SSSR count). The van der Waals surface area contributed by atoms with Crippen LogP contribution in [0.3, 0.4) is 0 Å². The Hall–Kier alpha value is -2.15. The van der Waals surface area contributed by atoms with Gasteiger partial charge in [0.15, 0.2) is 0 Å². The maximum absolute atomic E-state index is 2.96. The molecule has 0 radical (unpaired) electrons. The zero-order chi connectivity index (χ0) is 19.0. The zero-order valence-electron chi connectivity index (χ0n) is 16.7. The summed E-state index contributed by atoms with van der Waals surface area (Å²) in [5.74, 6) is 0. The Bertz CT molecular complexity index is 682. The number of hydrogen-bond acceptors (Lipinski definition) is 0. The first-order chi connectivity index (χ1) is 12.6. The first-order valence-corrected chi connectivity index (χ1v) is 8.80. The van der Waals surface area contributed by atoms with Gasteiger partial charge in [0.2, 0.25) is 0 Å². The maximum atomic E-state index is 2.96. The Morgan fingerprint density at radius 3 is 1.04 bits per heavy atom. The molecular formula is C26H28Ti. The minimum absolute atomic E-state index is 0. The van der Waals surface area contributed by atoms with Crippen molar-refractivity contribution in [1.82, 2.24) is 0 Å². The fourth-order valence-electron chi connectivity index (χ4n) is 1.91. The molecule has 0 aromatic heterocycles. The zero-order valence-corrected chi connectivity index (χ0v) is 18.3. The van der Waals surface area contributed by atoms with Crippen LogP contribution in [-0.2, 0) is 21.7 Å². The van der Waals surface area contributed by atoms with Crippen LogP contribution in [0.5, 0.6) is 0 Å². The van der Waals surface area contributed by atoms with Crippen molar-refractivity contribution in [2.45, 2.75) is 27.7 Å². The molecule has 0 N–H and O–H groups in total. The molecule has 0 saturated heterocycles. The Kier molecular flexibility index (Phi) is 14.8. The van der Waals surface area contributed by atoms with Crippen molar-refractivity contribution in [3.8, 4) is 0 Å². The van der Waals surface area contributed by atoms with E-state index in [1.807, 2.05) is 60.7 Å². The van der Waals surface area contributed by atoms with E-state index in [0.29, 0.717) is 0 Å². The molecule has 27 heavy (non-hydrogen) atoms. The van der Waals surface area contributed by atoms with Crippen molar-refractivity contribution in [1.29, 1.82) is 0 Å². The van der Waals surface area contributed by atoms with Gasteiger partial charge in [0, 0.05) is 0 Å². The van der Waals surface area contributed by atoms with Crippen LogP contribution in [0.15, 0.2) is 97.1 Å². The summed E-state index contributed by atoms with van der Waals surface area (Å²) in [4.78, 5) is 0. The molecular weight excluding hydrogens is 360 g/mol. The van der Waals surface area contributed by atoms with Gasteiger partial charge in [0.1, 0.15) is 0 Å². The van der Waals surface area contributed by atoms with Gasteiger partial charge in [-0.15, -0.1) is 0 Å². The van der Waals surface area contributed by atoms with Crippen LogP contribution in [-0.4, -0.2) is 0 Å². The molecule has 0 heterocycles. The van der Waals surface area contributed by atoms with Crippen molar-refractivity contribution in [3.05, 3.63) is 131 Å². The van der Waals surface area contributed by atoms with E-state index in [1.54, 1.807) is 0 Å². The van der Waals surface area contributed by atoms with Gasteiger partial charge in [-0.05, 0) is 0 Å². The molecule has 0 aliphatic carbocycles. The van der Waals surface area contributed by atoms with Gasteiger partial charge >= 0.3 is 21.7 Å². The molecule has 1 heteroatoms. The third-order valence-electron chi connectivity index (χ3n) is 3.38. The number of aryl methyl sites for hydroxylation is 4. The van der Waals surface area contributed by atoms with E-state index in [-0.39, 0.29) is 21.7 Å². The molecule has 0 atom stereocenters. The first-order valence-electron chi connectivity index (χ1n) is 8.80. The predicted molar refractivity (Wildman–Crippen MR) is 114 cm³/mol. The monoisotopic (exact) mass is 388 g/mol. The molecule has 0 amide bonds. The fourth-order valence-corrected chi connectivity index (χ4v) is 1.91. The molecule has 0 spiro atoms. The smallest absolute Gasteiger partial charge is 0.213 e. The molecule has 0 saturated carbocycles. The van der Waals surface area contributed by atoms with Crippen LogP contribution in [0.1, 0.15) is 22.3 Å². The van der Waals surface area contributed by atoms with Crippen LogP contribution in [0.4, 0.5) is 0 Å². The van der Waals surface area contributed by atoms with Crippen molar-refractivity contribution in [3.63, 3.8) is 0 Å². The van der Waals surface area contributed by atoms with Crippen molar-refractivity contribution in [2.24, 2.45) is 0 Å². The number of hydrogen-bond donors (Lipinski definition) is 0. The minimum atomic E-state index is 0. The molecule has 4 aromatic carbocycles. The quantitative estimate of drug-likeness (QED) is 0.224. The molecule has 136 valence electrons. The van der Waals surface area contributed by atoms with Crippen molar-refractivity contribution in [2.75, 3.05) is 0 Å². The van der Waals surface area contributed by atoms with E-state index in [1.165, 1.54) is 22.3 Å². The Balaban J connectivity index is 0.000000331. The van der Waals surface area contributed by atoms with E-state index in [0.717, 1.165) is 0 Å². The SMILES string of the molecule is C[c-]1cccc1.C[c-]1cccc1.Cc1c[c-]ccc1.Cc1c[c-]ccc1.[Ti+4]. The predicted octanol–water partition coefficient (Wildman–Crippen LogP) is 7.02. The molecule has 0 fully saturated rings. The number of benzene rings is 2. The van der Waals surface area contributed by atoms with Crippen LogP contribution in [0.2, 0.25) is 0 Å². The third-order valence-corrected chi connectivity index (χ3v) is 3.38. The van der Waals surface area contributed by atoms with Gasteiger partial charge in [-0.3, -0.25) is 0 Å². The molecule has 0 unspecified atom stereocenters. The van der Waals surface area contributed by atoms with Crippen molar-refractivity contribution < 1.29 is 21.7 Å². The average Bonchev–Trinajstić information content (AvgIpc) is 3.31. The summed E-state index contributed by atoms with van der Waals surface area (Å²) in [6.07, 6.45) is 0. The van der Waals surface area contributed by atoms with Crippen molar-refractivity contribution >= 4 is 0 Å². The van der Waals surface area contributed by atoms with E-state index >= 15 is 0 Å². The average molecular weight is 388 g/mol. The standard InChI is InChI=1S/2C7H7.2C6H7.Ti/c2*1-7-5-3-2-4-6-7;2*1-6-4-2-3-5-6;/h2*2-3,5-6H,1H3;2*2-5H,1H3;/q4*-1;+4. The summed E-state index contributed by atoms with van der Waals surface area (Å²) in [6.45, 7) is 8.27. The van der Waals surface area contributed by atoms with Gasteiger partial charge in [-0.25, -0.2) is 24.3 Å². The Labute approximate surface area is 180 Å². The second kappa shape index (κ2) is 16.1. The molecule has 0 nitrogen and oxygen atoms in total. The topological polar surface area (TPSA) is 0 Å². The Morgan fingerprint density at radius 1 is 0.593 bits per heavy atom. The Morgan fingerprint density at radius 2 is 0.926 bits per heavy atom. The molecule has 4 aromatic rings. The van der Waals surface area contributed by atoms with Crippen LogP contribution < -0.4 is 0 Å². The molecule has 0 bridgehead atoms. The summed E-state index contributed by atoms with van der Waals surface area (Å²) in [6, 6.07) is 38.2. The van der Waals surface area contributed by atoms with Gasteiger partial charge in [0.05, 0.1) is 0 Å². The third kappa shape index (κ3) is 14.7. The van der Waals surface area contributed by atoms with Gasteiger partial charge in [0.25, 0.3) is 0 Å². The number of rotatable bonds is 0.